The number of aromatic nitrogens is 2. The van der Waals surface area contributed by atoms with Crippen LogP contribution < -0.4 is 14.8 Å². The highest BCUT2D eigenvalue weighted by molar-refractivity contribution is 7.91. The van der Waals surface area contributed by atoms with Crippen LogP contribution in [0.1, 0.15) is 28.9 Å². The van der Waals surface area contributed by atoms with Crippen molar-refractivity contribution < 1.29 is 17.9 Å². The van der Waals surface area contributed by atoms with Crippen LogP contribution >= 0.6 is 22.9 Å². The van der Waals surface area contributed by atoms with Gasteiger partial charge in [-0.1, -0.05) is 35.1 Å². The average Bonchev–Trinajstić information content (AvgIpc) is 3.17. The van der Waals surface area contributed by atoms with E-state index in [9.17, 15) is 13.2 Å². The van der Waals surface area contributed by atoms with Crippen molar-refractivity contribution in [2.75, 3.05) is 12.4 Å². The van der Waals surface area contributed by atoms with Crippen LogP contribution in [0.15, 0.2) is 52.9 Å². The van der Waals surface area contributed by atoms with Gasteiger partial charge in [0.15, 0.2) is 0 Å². The molecule has 0 spiro atoms. The largest absolute Gasteiger partial charge is 0.497 e. The number of hydrogen-bond donors (Lipinski definition) is 2. The van der Waals surface area contributed by atoms with E-state index in [-0.39, 0.29) is 9.47 Å². The van der Waals surface area contributed by atoms with E-state index in [2.05, 4.69) is 20.2 Å². The van der Waals surface area contributed by atoms with Crippen LogP contribution in [-0.4, -0.2) is 31.6 Å². The molecule has 0 aliphatic heterocycles. The first-order valence-electron chi connectivity index (χ1n) is 8.35. The lowest BCUT2D eigenvalue weighted by Gasteiger charge is -2.13. The molecule has 0 aliphatic carbocycles. The average molecular weight is 453 g/mol. The van der Waals surface area contributed by atoms with Gasteiger partial charge < -0.3 is 4.74 Å². The van der Waals surface area contributed by atoms with E-state index in [1.807, 2.05) is 0 Å². The number of methoxy groups -OCH3 is 1. The van der Waals surface area contributed by atoms with Crippen molar-refractivity contribution >= 4 is 44.0 Å². The highest BCUT2D eigenvalue weighted by Gasteiger charge is 2.24. The SMILES string of the molecule is COc1ccc(C(C)NS(=O)(=O)c2nnc(NC(=O)c3ccc(Cl)cc3)s2)cc1. The molecule has 0 bridgehead atoms. The molecule has 0 saturated carbocycles. The zero-order valence-electron chi connectivity index (χ0n) is 15.4. The molecule has 1 aromatic heterocycles. The van der Waals surface area contributed by atoms with E-state index < -0.39 is 22.0 Å². The Labute approximate surface area is 176 Å². The number of benzene rings is 2. The summed E-state index contributed by atoms with van der Waals surface area (Å²) in [5.74, 6) is 0.232. The molecule has 1 amide bonds. The summed E-state index contributed by atoms with van der Waals surface area (Å²) in [5, 5.41) is 10.5. The minimum atomic E-state index is -3.91. The Morgan fingerprint density at radius 3 is 2.38 bits per heavy atom. The normalized spacial score (nSPS) is 12.4. The molecule has 3 rings (SSSR count). The molecule has 1 unspecified atom stereocenters. The summed E-state index contributed by atoms with van der Waals surface area (Å²) in [6, 6.07) is 12.8. The fraction of sp³-hybridized carbons (Fsp3) is 0.167. The van der Waals surface area contributed by atoms with Crippen molar-refractivity contribution in [3.63, 3.8) is 0 Å². The number of nitrogens with one attached hydrogen (secondary N) is 2. The molecule has 8 nitrogen and oxygen atoms in total. The molecule has 0 radical (unpaired) electrons. The number of carbonyl (C=O) groups excluding carboxylic acids is 1. The van der Waals surface area contributed by atoms with Gasteiger partial charge in [-0.3, -0.25) is 10.1 Å². The number of halogens is 1. The first kappa shape index (κ1) is 21.2. The van der Waals surface area contributed by atoms with Gasteiger partial charge in [-0.25, -0.2) is 13.1 Å². The van der Waals surface area contributed by atoms with Gasteiger partial charge in [-0.15, -0.1) is 10.2 Å². The van der Waals surface area contributed by atoms with Gasteiger partial charge in [0.2, 0.25) is 9.47 Å². The first-order chi connectivity index (χ1) is 13.8. The number of amides is 1. The molecule has 152 valence electrons. The van der Waals surface area contributed by atoms with Crippen molar-refractivity contribution in [2.24, 2.45) is 0 Å². The summed E-state index contributed by atoms with van der Waals surface area (Å²) in [5.41, 5.74) is 1.12. The quantitative estimate of drug-likeness (QED) is 0.531. The van der Waals surface area contributed by atoms with E-state index >= 15 is 0 Å². The highest BCUT2D eigenvalue weighted by atomic mass is 35.5. The second kappa shape index (κ2) is 8.87. The molecule has 3 aromatic rings. The third-order valence-electron chi connectivity index (χ3n) is 3.91. The number of sulfonamides is 1. The van der Waals surface area contributed by atoms with E-state index in [4.69, 9.17) is 16.3 Å². The molecule has 2 aromatic carbocycles. The fourth-order valence-corrected chi connectivity index (χ4v) is 4.65. The maximum Gasteiger partial charge on any atom is 0.270 e. The number of rotatable bonds is 7. The second-order valence-electron chi connectivity index (χ2n) is 5.95. The number of ether oxygens (including phenoxy) is 1. The maximum absolute atomic E-state index is 12.6. The molecule has 2 N–H and O–H groups in total. The second-order valence-corrected chi connectivity index (χ2v) is 9.25. The number of carbonyl (C=O) groups is 1. The lowest BCUT2D eigenvalue weighted by molar-refractivity contribution is 0.102. The van der Waals surface area contributed by atoms with E-state index in [0.717, 1.165) is 16.9 Å². The monoisotopic (exact) mass is 452 g/mol. The topological polar surface area (TPSA) is 110 Å². The van der Waals surface area contributed by atoms with Gasteiger partial charge in [0.05, 0.1) is 7.11 Å². The van der Waals surface area contributed by atoms with Crippen LogP contribution in [0.2, 0.25) is 5.02 Å². The van der Waals surface area contributed by atoms with Gasteiger partial charge in [0.25, 0.3) is 15.9 Å². The van der Waals surface area contributed by atoms with Crippen molar-refractivity contribution in [3.8, 4) is 5.75 Å². The van der Waals surface area contributed by atoms with Crippen molar-refractivity contribution in [1.29, 1.82) is 0 Å². The third kappa shape index (κ3) is 5.30. The summed E-state index contributed by atoms with van der Waals surface area (Å²) < 4.78 is 32.6. The molecule has 0 aliphatic rings. The van der Waals surface area contributed by atoms with Crippen molar-refractivity contribution in [3.05, 3.63) is 64.7 Å². The zero-order chi connectivity index (χ0) is 21.0. The third-order valence-corrected chi connectivity index (χ3v) is 6.91. The molecule has 1 heterocycles. The van der Waals surface area contributed by atoms with Crippen LogP contribution in [0, 0.1) is 0 Å². The minimum Gasteiger partial charge on any atom is -0.497 e. The number of anilines is 1. The Bertz CT molecular complexity index is 1100. The lowest BCUT2D eigenvalue weighted by atomic mass is 10.1. The molecular formula is C18H17ClN4O4S2. The molecule has 29 heavy (non-hydrogen) atoms. The smallest absolute Gasteiger partial charge is 0.270 e. The summed E-state index contributed by atoms with van der Waals surface area (Å²) in [7, 11) is -2.36. The van der Waals surface area contributed by atoms with Gasteiger partial charge in [0.1, 0.15) is 5.75 Å². The molecular weight excluding hydrogens is 436 g/mol. The van der Waals surface area contributed by atoms with Gasteiger partial charge in [0, 0.05) is 16.6 Å². The van der Waals surface area contributed by atoms with E-state index in [1.165, 1.54) is 0 Å². The fourth-order valence-electron chi connectivity index (χ4n) is 2.38. The predicted octanol–water partition coefficient (Wildman–Crippen LogP) is 3.49. The summed E-state index contributed by atoms with van der Waals surface area (Å²) in [4.78, 5) is 12.2. The van der Waals surface area contributed by atoms with E-state index in [0.29, 0.717) is 16.3 Å². The number of hydrogen-bond acceptors (Lipinski definition) is 7. The van der Waals surface area contributed by atoms with E-state index in [1.54, 1.807) is 62.6 Å². The Morgan fingerprint density at radius 1 is 1.10 bits per heavy atom. The predicted molar refractivity (Wildman–Crippen MR) is 111 cm³/mol. The van der Waals surface area contributed by atoms with Crippen LogP contribution in [0.5, 0.6) is 5.75 Å². The Morgan fingerprint density at radius 2 is 1.76 bits per heavy atom. The molecule has 1 atom stereocenters. The minimum absolute atomic E-state index is 0.0717. The first-order valence-corrected chi connectivity index (χ1v) is 11.0. The Balaban J connectivity index is 1.69. The van der Waals surface area contributed by atoms with Gasteiger partial charge >= 0.3 is 0 Å². The summed E-state index contributed by atoms with van der Waals surface area (Å²) in [6.07, 6.45) is 0. The molecule has 0 saturated heterocycles. The molecule has 0 fully saturated rings. The van der Waals surface area contributed by atoms with Crippen molar-refractivity contribution in [1.82, 2.24) is 14.9 Å². The van der Waals surface area contributed by atoms with Gasteiger partial charge in [-0.05, 0) is 48.9 Å². The maximum atomic E-state index is 12.6. The van der Waals surface area contributed by atoms with Crippen LogP contribution in [0.4, 0.5) is 5.13 Å². The summed E-state index contributed by atoms with van der Waals surface area (Å²) >= 11 is 6.56. The van der Waals surface area contributed by atoms with Crippen LogP contribution in [0.3, 0.4) is 0 Å². The lowest BCUT2D eigenvalue weighted by Crippen LogP contribution is -2.26. The Kier molecular flexibility index (Phi) is 6.48. The zero-order valence-corrected chi connectivity index (χ0v) is 17.8. The summed E-state index contributed by atoms with van der Waals surface area (Å²) in [6.45, 7) is 1.71. The van der Waals surface area contributed by atoms with Crippen LogP contribution in [0.25, 0.3) is 0 Å². The molecule has 11 heteroatoms. The number of nitrogens with zero attached hydrogens (tertiary/aromatic N) is 2. The van der Waals surface area contributed by atoms with Gasteiger partial charge in [-0.2, -0.15) is 0 Å². The standard InChI is InChI=1S/C18H17ClN4O4S2/c1-11(12-5-9-15(27-2)10-6-12)23-29(25,26)18-22-21-17(28-18)20-16(24)13-3-7-14(19)8-4-13/h3-11,23H,1-2H3,(H,20,21,24). The highest BCUT2D eigenvalue weighted by Crippen LogP contribution is 2.24. The van der Waals surface area contributed by atoms with Crippen LogP contribution in [-0.2, 0) is 10.0 Å². The van der Waals surface area contributed by atoms with Crippen molar-refractivity contribution in [2.45, 2.75) is 17.3 Å². The Hall–Kier alpha value is -2.53.